The molecule has 0 aromatic heterocycles. The lowest BCUT2D eigenvalue weighted by molar-refractivity contribution is 0.291. The van der Waals surface area contributed by atoms with Crippen LogP contribution in [0, 0.1) is 0 Å². The summed E-state index contributed by atoms with van der Waals surface area (Å²) < 4.78 is 5.28. The monoisotopic (exact) mass is 217 g/mol. The Morgan fingerprint density at radius 3 is 2.43 bits per heavy atom. The number of methoxy groups -OCH3 is 1. The lowest BCUT2D eigenvalue weighted by atomic mass is 10.3. The molecule has 0 aromatic rings. The Balaban J connectivity index is 3.49. The highest BCUT2D eigenvalue weighted by molar-refractivity contribution is 7.99. The molecule has 14 heavy (non-hydrogen) atoms. The van der Waals surface area contributed by atoms with E-state index < -0.39 is 0 Å². The fourth-order valence-electron chi connectivity index (χ4n) is 0.992. The van der Waals surface area contributed by atoms with Crippen LogP contribution >= 0.6 is 11.8 Å². The van der Waals surface area contributed by atoms with E-state index in [1.54, 1.807) is 7.11 Å². The summed E-state index contributed by atoms with van der Waals surface area (Å²) in [6.07, 6.45) is 0. The molecule has 0 aliphatic heterocycles. The topological polar surface area (TPSA) is 21.3 Å². The van der Waals surface area contributed by atoms with E-state index in [-0.39, 0.29) is 0 Å². The molecule has 0 bridgehead atoms. The molecule has 1 N–H and O–H groups in total. The van der Waals surface area contributed by atoms with Gasteiger partial charge in [0.1, 0.15) is 5.76 Å². The van der Waals surface area contributed by atoms with E-state index in [1.807, 2.05) is 11.8 Å². The van der Waals surface area contributed by atoms with E-state index in [1.165, 1.54) is 5.57 Å². The van der Waals surface area contributed by atoms with Crippen molar-refractivity contribution < 1.29 is 4.74 Å². The van der Waals surface area contributed by atoms with Crippen molar-refractivity contribution in [2.75, 3.05) is 25.2 Å². The van der Waals surface area contributed by atoms with Crippen molar-refractivity contribution in [2.45, 2.75) is 33.7 Å². The van der Waals surface area contributed by atoms with Crippen LogP contribution in [0.15, 0.2) is 11.3 Å². The van der Waals surface area contributed by atoms with Crippen LogP contribution in [-0.4, -0.2) is 31.2 Å². The number of hydrogen-bond acceptors (Lipinski definition) is 3. The first-order valence-corrected chi connectivity index (χ1v) is 6.24. The lowest BCUT2D eigenvalue weighted by Crippen LogP contribution is -2.25. The SMILES string of the molecule is COC(CSCCNC(C)C)=C(C)C. The molecule has 0 aliphatic rings. The number of nitrogens with one attached hydrogen (secondary N) is 1. The van der Waals surface area contributed by atoms with Gasteiger partial charge in [0.25, 0.3) is 0 Å². The van der Waals surface area contributed by atoms with E-state index >= 15 is 0 Å². The number of ether oxygens (including phenoxy) is 1. The quantitative estimate of drug-likeness (QED) is 0.523. The molecule has 0 radical (unpaired) electrons. The van der Waals surface area contributed by atoms with Crippen LogP contribution in [0.3, 0.4) is 0 Å². The molecule has 0 fully saturated rings. The van der Waals surface area contributed by atoms with E-state index in [4.69, 9.17) is 4.74 Å². The maximum atomic E-state index is 5.28. The third-order valence-corrected chi connectivity index (χ3v) is 2.80. The second-order valence-corrected chi connectivity index (χ2v) is 4.89. The minimum Gasteiger partial charge on any atom is -0.500 e. The zero-order valence-corrected chi connectivity index (χ0v) is 10.8. The average Bonchev–Trinajstić information content (AvgIpc) is 2.10. The summed E-state index contributed by atoms with van der Waals surface area (Å²) in [5.74, 6) is 3.23. The minimum atomic E-state index is 0.584. The molecule has 0 saturated heterocycles. The van der Waals surface area contributed by atoms with E-state index in [0.717, 1.165) is 23.8 Å². The molecule has 0 heterocycles. The van der Waals surface area contributed by atoms with Gasteiger partial charge in [0.05, 0.1) is 12.9 Å². The molecular formula is C11H23NOS. The van der Waals surface area contributed by atoms with Crippen molar-refractivity contribution in [3.8, 4) is 0 Å². The Kier molecular flexibility index (Phi) is 8.09. The van der Waals surface area contributed by atoms with Crippen molar-refractivity contribution in [1.82, 2.24) is 5.32 Å². The number of thioether (sulfide) groups is 1. The van der Waals surface area contributed by atoms with Crippen molar-refractivity contribution in [3.63, 3.8) is 0 Å². The highest BCUT2D eigenvalue weighted by Gasteiger charge is 1.99. The van der Waals surface area contributed by atoms with Crippen molar-refractivity contribution in [2.24, 2.45) is 0 Å². The van der Waals surface area contributed by atoms with Gasteiger partial charge in [-0.15, -0.1) is 0 Å². The average molecular weight is 217 g/mol. The van der Waals surface area contributed by atoms with Crippen LogP contribution in [0.4, 0.5) is 0 Å². The molecular weight excluding hydrogens is 194 g/mol. The number of rotatable bonds is 7. The van der Waals surface area contributed by atoms with Crippen LogP contribution in [0.25, 0.3) is 0 Å². The molecule has 84 valence electrons. The van der Waals surface area contributed by atoms with E-state index in [2.05, 4.69) is 33.0 Å². The summed E-state index contributed by atoms with van der Waals surface area (Å²) in [7, 11) is 1.75. The predicted octanol–water partition coefficient (Wildman–Crippen LogP) is 2.66. The highest BCUT2D eigenvalue weighted by atomic mass is 32.2. The summed E-state index contributed by atoms with van der Waals surface area (Å²) in [6, 6.07) is 0.584. The van der Waals surface area contributed by atoms with Crippen LogP contribution in [-0.2, 0) is 4.74 Å². The normalized spacial score (nSPS) is 10.4. The number of hydrogen-bond donors (Lipinski definition) is 1. The van der Waals surface area contributed by atoms with Crippen LogP contribution in [0.2, 0.25) is 0 Å². The molecule has 0 aliphatic carbocycles. The predicted molar refractivity (Wildman–Crippen MR) is 65.8 cm³/mol. The zero-order valence-electron chi connectivity index (χ0n) is 10.0. The maximum Gasteiger partial charge on any atom is 0.104 e. The van der Waals surface area contributed by atoms with E-state index in [9.17, 15) is 0 Å². The highest BCUT2D eigenvalue weighted by Crippen LogP contribution is 2.11. The first-order chi connectivity index (χ1) is 6.57. The summed E-state index contributed by atoms with van der Waals surface area (Å²) >= 11 is 1.91. The molecule has 0 atom stereocenters. The van der Waals surface area contributed by atoms with Gasteiger partial charge in [-0.2, -0.15) is 11.8 Å². The van der Waals surface area contributed by atoms with E-state index in [0.29, 0.717) is 6.04 Å². The first-order valence-electron chi connectivity index (χ1n) is 5.09. The van der Waals surface area contributed by atoms with Gasteiger partial charge in [-0.3, -0.25) is 0 Å². The van der Waals surface area contributed by atoms with Crippen LogP contribution in [0.5, 0.6) is 0 Å². The van der Waals surface area contributed by atoms with Gasteiger partial charge in [0.2, 0.25) is 0 Å². The Morgan fingerprint density at radius 1 is 1.36 bits per heavy atom. The summed E-state index contributed by atoms with van der Waals surface area (Å²) in [5.41, 5.74) is 1.27. The molecule has 3 heteroatoms. The fourth-order valence-corrected chi connectivity index (χ4v) is 1.99. The summed E-state index contributed by atoms with van der Waals surface area (Å²) in [4.78, 5) is 0. The second kappa shape index (κ2) is 8.18. The van der Waals surface area contributed by atoms with Crippen molar-refractivity contribution >= 4 is 11.8 Å². The van der Waals surface area contributed by atoms with Crippen molar-refractivity contribution in [1.29, 1.82) is 0 Å². The fraction of sp³-hybridized carbons (Fsp3) is 0.818. The molecule has 0 rings (SSSR count). The summed E-state index contributed by atoms with van der Waals surface area (Å²) in [5, 5.41) is 3.39. The Hall–Kier alpha value is -0.150. The Morgan fingerprint density at radius 2 is 2.00 bits per heavy atom. The van der Waals surface area contributed by atoms with Gasteiger partial charge < -0.3 is 10.1 Å². The molecule has 0 spiro atoms. The van der Waals surface area contributed by atoms with Crippen molar-refractivity contribution in [3.05, 3.63) is 11.3 Å². The van der Waals surface area contributed by atoms with Gasteiger partial charge in [-0.1, -0.05) is 13.8 Å². The lowest BCUT2D eigenvalue weighted by Gasteiger charge is -2.10. The van der Waals surface area contributed by atoms with Gasteiger partial charge in [0.15, 0.2) is 0 Å². The smallest absolute Gasteiger partial charge is 0.104 e. The Labute approximate surface area is 92.5 Å². The third kappa shape index (κ3) is 7.27. The molecule has 0 aromatic carbocycles. The van der Waals surface area contributed by atoms with Gasteiger partial charge in [0, 0.05) is 18.3 Å². The molecule has 0 amide bonds. The zero-order chi connectivity index (χ0) is 11.0. The minimum absolute atomic E-state index is 0.584. The van der Waals surface area contributed by atoms with Gasteiger partial charge >= 0.3 is 0 Å². The summed E-state index contributed by atoms with van der Waals surface area (Å²) in [6.45, 7) is 9.59. The van der Waals surface area contributed by atoms with Gasteiger partial charge in [-0.05, 0) is 19.4 Å². The largest absolute Gasteiger partial charge is 0.500 e. The maximum absolute atomic E-state index is 5.28. The molecule has 0 unspecified atom stereocenters. The Bertz CT molecular complexity index is 174. The number of allylic oxidation sites excluding steroid dienone is 1. The third-order valence-electron chi connectivity index (χ3n) is 1.84. The van der Waals surface area contributed by atoms with Crippen LogP contribution in [0.1, 0.15) is 27.7 Å². The molecule has 2 nitrogen and oxygen atoms in total. The molecule has 0 saturated carbocycles. The first kappa shape index (κ1) is 13.8. The second-order valence-electron chi connectivity index (χ2n) is 3.79. The van der Waals surface area contributed by atoms with Gasteiger partial charge in [-0.25, -0.2) is 0 Å². The standard InChI is InChI=1S/C11H23NOS/c1-9(2)11(13-5)8-14-7-6-12-10(3)4/h10,12H,6-8H2,1-5H3. The van der Waals surface area contributed by atoms with Crippen LogP contribution < -0.4 is 5.32 Å².